The molecule has 1 amide bonds. The van der Waals surface area contributed by atoms with Crippen LogP contribution in [0.4, 0.5) is 0 Å². The van der Waals surface area contributed by atoms with Gasteiger partial charge in [0.25, 0.3) is 5.91 Å². The summed E-state index contributed by atoms with van der Waals surface area (Å²) in [6, 6.07) is 15.2. The molecule has 0 saturated carbocycles. The summed E-state index contributed by atoms with van der Waals surface area (Å²) in [5.41, 5.74) is 2.87. The summed E-state index contributed by atoms with van der Waals surface area (Å²) >= 11 is 5.94. The zero-order chi connectivity index (χ0) is 13.8. The number of rotatable bonds is 3. The van der Waals surface area contributed by atoms with E-state index in [4.69, 9.17) is 11.6 Å². The molecule has 0 spiro atoms. The Hall–Kier alpha value is -1.80. The summed E-state index contributed by atoms with van der Waals surface area (Å²) in [6.07, 6.45) is 0. The SMILES string of the molecule is Cc1ccc(C(=O)N(C)Cc2cccc(Cl)c2)cc1. The van der Waals surface area contributed by atoms with E-state index in [2.05, 4.69) is 0 Å². The topological polar surface area (TPSA) is 20.3 Å². The molecule has 0 aliphatic heterocycles. The second kappa shape index (κ2) is 5.89. The molecular formula is C16H16ClNO. The van der Waals surface area contributed by atoms with E-state index < -0.39 is 0 Å². The van der Waals surface area contributed by atoms with Crippen molar-refractivity contribution in [2.24, 2.45) is 0 Å². The Morgan fingerprint density at radius 2 is 1.84 bits per heavy atom. The highest BCUT2D eigenvalue weighted by Crippen LogP contribution is 2.14. The number of nitrogens with zero attached hydrogens (tertiary/aromatic N) is 1. The minimum Gasteiger partial charge on any atom is -0.337 e. The Labute approximate surface area is 118 Å². The maximum absolute atomic E-state index is 12.2. The number of aryl methyl sites for hydroxylation is 1. The maximum Gasteiger partial charge on any atom is 0.253 e. The summed E-state index contributed by atoms with van der Waals surface area (Å²) in [4.78, 5) is 13.9. The molecule has 0 heterocycles. The summed E-state index contributed by atoms with van der Waals surface area (Å²) in [7, 11) is 1.79. The summed E-state index contributed by atoms with van der Waals surface area (Å²) in [5.74, 6) is 0.0139. The second-order valence-corrected chi connectivity index (χ2v) is 5.09. The first kappa shape index (κ1) is 13.6. The third-order valence-electron chi connectivity index (χ3n) is 2.95. The molecule has 2 aromatic carbocycles. The number of benzene rings is 2. The molecule has 2 aromatic rings. The fourth-order valence-electron chi connectivity index (χ4n) is 1.90. The molecule has 3 heteroatoms. The van der Waals surface area contributed by atoms with E-state index >= 15 is 0 Å². The third kappa shape index (κ3) is 3.58. The first-order chi connectivity index (χ1) is 9.06. The number of hydrogen-bond acceptors (Lipinski definition) is 1. The Balaban J connectivity index is 2.09. The first-order valence-electron chi connectivity index (χ1n) is 6.13. The molecule has 0 atom stereocenters. The normalized spacial score (nSPS) is 10.3. The van der Waals surface area contributed by atoms with Crippen LogP contribution in [0.1, 0.15) is 21.5 Å². The van der Waals surface area contributed by atoms with Gasteiger partial charge in [-0.1, -0.05) is 41.4 Å². The summed E-state index contributed by atoms with van der Waals surface area (Å²) in [5, 5.41) is 0.689. The van der Waals surface area contributed by atoms with Gasteiger partial charge >= 0.3 is 0 Å². The molecule has 0 bridgehead atoms. The molecule has 98 valence electrons. The monoisotopic (exact) mass is 273 g/mol. The van der Waals surface area contributed by atoms with Crippen molar-refractivity contribution in [2.75, 3.05) is 7.05 Å². The summed E-state index contributed by atoms with van der Waals surface area (Å²) < 4.78 is 0. The fraction of sp³-hybridized carbons (Fsp3) is 0.188. The van der Waals surface area contributed by atoms with Crippen molar-refractivity contribution < 1.29 is 4.79 Å². The van der Waals surface area contributed by atoms with Crippen LogP contribution in [0, 0.1) is 6.92 Å². The fourth-order valence-corrected chi connectivity index (χ4v) is 2.11. The highest BCUT2D eigenvalue weighted by Gasteiger charge is 2.11. The average molecular weight is 274 g/mol. The Morgan fingerprint density at radius 3 is 2.47 bits per heavy atom. The van der Waals surface area contributed by atoms with Crippen molar-refractivity contribution in [2.45, 2.75) is 13.5 Å². The van der Waals surface area contributed by atoms with Crippen LogP contribution in [0.15, 0.2) is 48.5 Å². The third-order valence-corrected chi connectivity index (χ3v) is 3.19. The van der Waals surface area contributed by atoms with Gasteiger partial charge in [0.05, 0.1) is 0 Å². The van der Waals surface area contributed by atoms with Gasteiger partial charge in [0.1, 0.15) is 0 Å². The molecular weight excluding hydrogens is 258 g/mol. The van der Waals surface area contributed by atoms with Crippen molar-refractivity contribution in [1.82, 2.24) is 4.90 Å². The highest BCUT2D eigenvalue weighted by atomic mass is 35.5. The van der Waals surface area contributed by atoms with Crippen molar-refractivity contribution >= 4 is 17.5 Å². The zero-order valence-electron chi connectivity index (χ0n) is 11.1. The first-order valence-corrected chi connectivity index (χ1v) is 6.50. The van der Waals surface area contributed by atoms with Gasteiger partial charge in [-0.05, 0) is 36.8 Å². The van der Waals surface area contributed by atoms with Crippen LogP contribution in [-0.4, -0.2) is 17.9 Å². The number of carbonyl (C=O) groups is 1. The number of carbonyl (C=O) groups excluding carboxylic acids is 1. The standard InChI is InChI=1S/C16H16ClNO/c1-12-6-8-14(9-7-12)16(19)18(2)11-13-4-3-5-15(17)10-13/h3-10H,11H2,1-2H3. The van der Waals surface area contributed by atoms with Crippen LogP contribution in [0.5, 0.6) is 0 Å². The van der Waals surface area contributed by atoms with Crippen molar-refractivity contribution in [3.63, 3.8) is 0 Å². The molecule has 2 nitrogen and oxygen atoms in total. The lowest BCUT2D eigenvalue weighted by atomic mass is 10.1. The van der Waals surface area contributed by atoms with Crippen molar-refractivity contribution in [3.8, 4) is 0 Å². The molecule has 0 unspecified atom stereocenters. The van der Waals surface area contributed by atoms with Crippen LogP contribution >= 0.6 is 11.6 Å². The minimum absolute atomic E-state index is 0.0139. The second-order valence-electron chi connectivity index (χ2n) is 4.66. The van der Waals surface area contributed by atoms with E-state index in [9.17, 15) is 4.79 Å². The van der Waals surface area contributed by atoms with E-state index in [1.807, 2.05) is 55.5 Å². The van der Waals surface area contributed by atoms with Gasteiger partial charge in [0.15, 0.2) is 0 Å². The van der Waals surface area contributed by atoms with Crippen LogP contribution in [0.2, 0.25) is 5.02 Å². The Morgan fingerprint density at radius 1 is 1.16 bits per heavy atom. The predicted molar refractivity (Wildman–Crippen MR) is 78.4 cm³/mol. The van der Waals surface area contributed by atoms with Crippen LogP contribution < -0.4 is 0 Å². The maximum atomic E-state index is 12.2. The van der Waals surface area contributed by atoms with Crippen LogP contribution in [0.25, 0.3) is 0 Å². The van der Waals surface area contributed by atoms with E-state index in [0.717, 1.165) is 11.1 Å². The van der Waals surface area contributed by atoms with Gasteiger partial charge in [-0.2, -0.15) is 0 Å². The van der Waals surface area contributed by atoms with Gasteiger partial charge in [0, 0.05) is 24.2 Å². The Bertz CT molecular complexity index is 578. The highest BCUT2D eigenvalue weighted by molar-refractivity contribution is 6.30. The van der Waals surface area contributed by atoms with Crippen molar-refractivity contribution in [1.29, 1.82) is 0 Å². The average Bonchev–Trinajstić information content (AvgIpc) is 2.39. The van der Waals surface area contributed by atoms with Crippen molar-refractivity contribution in [3.05, 3.63) is 70.2 Å². The smallest absolute Gasteiger partial charge is 0.253 e. The minimum atomic E-state index is 0.0139. The van der Waals surface area contributed by atoms with E-state index in [1.54, 1.807) is 11.9 Å². The van der Waals surface area contributed by atoms with Crippen LogP contribution in [0.3, 0.4) is 0 Å². The van der Waals surface area contributed by atoms with Gasteiger partial charge in [-0.15, -0.1) is 0 Å². The molecule has 0 fully saturated rings. The quantitative estimate of drug-likeness (QED) is 0.830. The van der Waals surface area contributed by atoms with Gasteiger partial charge in [0.2, 0.25) is 0 Å². The number of hydrogen-bond donors (Lipinski definition) is 0. The molecule has 0 aliphatic rings. The van der Waals surface area contributed by atoms with Gasteiger partial charge in [-0.3, -0.25) is 4.79 Å². The van der Waals surface area contributed by atoms with E-state index in [-0.39, 0.29) is 5.91 Å². The molecule has 2 rings (SSSR count). The van der Waals surface area contributed by atoms with Gasteiger partial charge < -0.3 is 4.90 Å². The lowest BCUT2D eigenvalue weighted by molar-refractivity contribution is 0.0785. The molecule has 0 aliphatic carbocycles. The Kier molecular flexibility index (Phi) is 4.23. The van der Waals surface area contributed by atoms with Crippen LogP contribution in [-0.2, 0) is 6.54 Å². The zero-order valence-corrected chi connectivity index (χ0v) is 11.8. The summed E-state index contributed by atoms with van der Waals surface area (Å²) in [6.45, 7) is 2.55. The number of amides is 1. The lowest BCUT2D eigenvalue weighted by Crippen LogP contribution is -2.26. The van der Waals surface area contributed by atoms with E-state index in [1.165, 1.54) is 0 Å². The largest absolute Gasteiger partial charge is 0.337 e. The number of halogens is 1. The lowest BCUT2D eigenvalue weighted by Gasteiger charge is -2.17. The molecule has 0 saturated heterocycles. The van der Waals surface area contributed by atoms with Gasteiger partial charge in [-0.25, -0.2) is 0 Å². The molecule has 0 aromatic heterocycles. The predicted octanol–water partition coefficient (Wildman–Crippen LogP) is 3.92. The molecule has 0 N–H and O–H groups in total. The molecule has 0 radical (unpaired) electrons. The van der Waals surface area contributed by atoms with E-state index in [0.29, 0.717) is 17.1 Å². The molecule has 19 heavy (non-hydrogen) atoms.